The summed E-state index contributed by atoms with van der Waals surface area (Å²) in [6.45, 7) is 3.43. The Morgan fingerprint density at radius 2 is 2.33 bits per heavy atom. The molecule has 1 aromatic rings. The minimum Gasteiger partial charge on any atom is -0.457 e. The zero-order valence-corrected chi connectivity index (χ0v) is 10.9. The van der Waals surface area contributed by atoms with Gasteiger partial charge in [-0.05, 0) is 39.7 Å². The second-order valence-electron chi connectivity index (χ2n) is 3.23. The van der Waals surface area contributed by atoms with Crippen LogP contribution >= 0.6 is 15.9 Å². The summed E-state index contributed by atoms with van der Waals surface area (Å²) in [5.74, 6) is -1.15. The summed E-state index contributed by atoms with van der Waals surface area (Å²) in [6, 6.07) is 5.89. The summed E-state index contributed by atoms with van der Waals surface area (Å²) < 4.78 is 18.0. The van der Waals surface area contributed by atoms with Crippen LogP contribution in [0.15, 0.2) is 40.9 Å². The predicted molar refractivity (Wildman–Crippen MR) is 68.8 cm³/mol. The van der Waals surface area contributed by atoms with E-state index >= 15 is 0 Å². The smallest absolute Gasteiger partial charge is 0.349 e. The van der Waals surface area contributed by atoms with Crippen LogP contribution in [0.5, 0.6) is 0 Å². The van der Waals surface area contributed by atoms with E-state index in [-0.39, 0.29) is 16.7 Å². The highest BCUT2D eigenvalue weighted by Crippen LogP contribution is 2.18. The molecule has 1 aromatic carbocycles. The summed E-state index contributed by atoms with van der Waals surface area (Å²) >= 11 is 3.02. The largest absolute Gasteiger partial charge is 0.457 e. The number of carbonyl (C=O) groups excluding carboxylic acids is 1. The maximum absolute atomic E-state index is 13.0. The molecule has 5 heteroatoms. The number of ether oxygens (including phenoxy) is 1. The molecule has 0 heterocycles. The van der Waals surface area contributed by atoms with Gasteiger partial charge in [0.1, 0.15) is 24.1 Å². The van der Waals surface area contributed by atoms with Crippen molar-refractivity contribution in [3.8, 4) is 6.07 Å². The Kier molecular flexibility index (Phi) is 5.28. The monoisotopic (exact) mass is 309 g/mol. The minimum absolute atomic E-state index is 0.0327. The first-order valence-corrected chi connectivity index (χ1v) is 5.72. The third kappa shape index (κ3) is 3.82. The van der Waals surface area contributed by atoms with E-state index < -0.39 is 11.8 Å². The highest BCUT2D eigenvalue weighted by molar-refractivity contribution is 9.10. The fourth-order valence-electron chi connectivity index (χ4n) is 1.12. The number of hydrogen-bond acceptors (Lipinski definition) is 3. The van der Waals surface area contributed by atoms with Gasteiger partial charge in [-0.25, -0.2) is 9.18 Å². The molecule has 0 aliphatic carbocycles. The van der Waals surface area contributed by atoms with E-state index in [1.54, 1.807) is 6.07 Å². The average Bonchev–Trinajstić information content (AvgIpc) is 2.37. The lowest BCUT2D eigenvalue weighted by atomic mass is 10.1. The van der Waals surface area contributed by atoms with Gasteiger partial charge in [-0.1, -0.05) is 18.7 Å². The number of hydrogen-bond donors (Lipinski definition) is 0. The first-order valence-electron chi connectivity index (χ1n) is 4.93. The molecule has 0 bridgehead atoms. The molecule has 0 spiro atoms. The Hall–Kier alpha value is -1.93. The van der Waals surface area contributed by atoms with Gasteiger partial charge in [-0.2, -0.15) is 5.26 Å². The number of nitriles is 1. The van der Waals surface area contributed by atoms with Gasteiger partial charge in [0.2, 0.25) is 0 Å². The molecule has 0 atom stereocenters. The van der Waals surface area contributed by atoms with Crippen molar-refractivity contribution in [2.45, 2.75) is 0 Å². The third-order valence-electron chi connectivity index (χ3n) is 1.93. The van der Waals surface area contributed by atoms with Crippen LogP contribution in [0.3, 0.4) is 0 Å². The molecular formula is C13H9BrFNO2. The van der Waals surface area contributed by atoms with Gasteiger partial charge in [0.05, 0.1) is 4.47 Å². The number of nitrogens with zero attached hydrogens (tertiary/aromatic N) is 1. The molecule has 0 saturated heterocycles. The highest BCUT2D eigenvalue weighted by atomic mass is 79.9. The molecule has 92 valence electrons. The van der Waals surface area contributed by atoms with E-state index in [9.17, 15) is 9.18 Å². The summed E-state index contributed by atoms with van der Waals surface area (Å²) in [5, 5.41) is 8.85. The van der Waals surface area contributed by atoms with Gasteiger partial charge >= 0.3 is 5.97 Å². The highest BCUT2D eigenvalue weighted by Gasteiger charge is 2.10. The van der Waals surface area contributed by atoms with Gasteiger partial charge < -0.3 is 4.74 Å². The molecule has 0 fully saturated rings. The van der Waals surface area contributed by atoms with E-state index in [4.69, 9.17) is 10.00 Å². The molecule has 0 N–H and O–H groups in total. The van der Waals surface area contributed by atoms with Crippen LogP contribution in [0.2, 0.25) is 0 Å². The Morgan fingerprint density at radius 3 is 2.89 bits per heavy atom. The summed E-state index contributed by atoms with van der Waals surface area (Å²) in [5.41, 5.74) is 0.366. The van der Waals surface area contributed by atoms with E-state index in [2.05, 4.69) is 22.5 Å². The van der Waals surface area contributed by atoms with E-state index in [1.807, 2.05) is 0 Å². The van der Waals surface area contributed by atoms with Crippen LogP contribution in [-0.4, -0.2) is 12.6 Å². The molecular weight excluding hydrogens is 301 g/mol. The number of rotatable bonds is 4. The minimum atomic E-state index is -0.738. The molecule has 0 unspecified atom stereocenters. The van der Waals surface area contributed by atoms with Crippen molar-refractivity contribution in [1.82, 2.24) is 0 Å². The molecule has 0 saturated carbocycles. The molecule has 0 aliphatic heterocycles. The molecule has 0 amide bonds. The second-order valence-corrected chi connectivity index (χ2v) is 4.08. The van der Waals surface area contributed by atoms with Crippen LogP contribution in [0, 0.1) is 17.1 Å². The number of halogens is 2. The maximum atomic E-state index is 13.0. The predicted octanol–water partition coefficient (Wildman–Crippen LogP) is 3.22. The van der Waals surface area contributed by atoms with Crippen LogP contribution in [0.25, 0.3) is 6.08 Å². The lowest BCUT2D eigenvalue weighted by Crippen LogP contribution is -2.06. The molecule has 1 rings (SSSR count). The van der Waals surface area contributed by atoms with E-state index in [1.165, 1.54) is 30.4 Å². The van der Waals surface area contributed by atoms with Gasteiger partial charge in [0.15, 0.2) is 0 Å². The summed E-state index contributed by atoms with van der Waals surface area (Å²) in [4.78, 5) is 11.4. The van der Waals surface area contributed by atoms with Crippen molar-refractivity contribution in [2.24, 2.45) is 0 Å². The first-order chi connectivity index (χ1) is 8.58. The van der Waals surface area contributed by atoms with Crippen molar-refractivity contribution in [3.63, 3.8) is 0 Å². The van der Waals surface area contributed by atoms with Crippen molar-refractivity contribution in [2.75, 3.05) is 6.61 Å². The number of esters is 1. The second kappa shape index (κ2) is 6.72. The standard InChI is InChI=1S/C13H9BrFNO2/c1-2-5-18-13(17)10(8-16)6-9-3-4-12(15)11(14)7-9/h2-4,6-7H,1,5H2. The molecule has 18 heavy (non-hydrogen) atoms. The van der Waals surface area contributed by atoms with E-state index in [0.717, 1.165) is 0 Å². The fraction of sp³-hybridized carbons (Fsp3) is 0.0769. The zero-order chi connectivity index (χ0) is 13.5. The van der Waals surface area contributed by atoms with Crippen molar-refractivity contribution in [1.29, 1.82) is 5.26 Å². The Morgan fingerprint density at radius 1 is 1.61 bits per heavy atom. The van der Waals surface area contributed by atoms with Crippen molar-refractivity contribution >= 4 is 28.0 Å². The third-order valence-corrected chi connectivity index (χ3v) is 2.54. The first kappa shape index (κ1) is 14.1. The SMILES string of the molecule is C=CCOC(=O)C(C#N)=Cc1ccc(F)c(Br)c1. The Labute approximate surface area is 112 Å². The normalized spacial score (nSPS) is 10.6. The van der Waals surface area contributed by atoms with Crippen LogP contribution in [-0.2, 0) is 9.53 Å². The lowest BCUT2D eigenvalue weighted by molar-refractivity contribution is -0.137. The van der Waals surface area contributed by atoms with Gasteiger partial charge in [0.25, 0.3) is 0 Å². The Balaban J connectivity index is 2.97. The van der Waals surface area contributed by atoms with Gasteiger partial charge in [-0.15, -0.1) is 0 Å². The number of carbonyl (C=O) groups is 1. The zero-order valence-electron chi connectivity index (χ0n) is 9.32. The van der Waals surface area contributed by atoms with Crippen LogP contribution in [0.4, 0.5) is 4.39 Å². The van der Waals surface area contributed by atoms with Gasteiger partial charge in [0, 0.05) is 0 Å². The number of benzene rings is 1. The van der Waals surface area contributed by atoms with E-state index in [0.29, 0.717) is 5.56 Å². The molecule has 3 nitrogen and oxygen atoms in total. The summed E-state index contributed by atoms with van der Waals surface area (Å²) in [7, 11) is 0. The average molecular weight is 310 g/mol. The topological polar surface area (TPSA) is 50.1 Å². The maximum Gasteiger partial charge on any atom is 0.349 e. The van der Waals surface area contributed by atoms with Crippen molar-refractivity contribution < 1.29 is 13.9 Å². The van der Waals surface area contributed by atoms with Crippen LogP contribution in [0.1, 0.15) is 5.56 Å². The quantitative estimate of drug-likeness (QED) is 0.371. The van der Waals surface area contributed by atoms with Gasteiger partial charge in [-0.3, -0.25) is 0 Å². The Bertz CT molecular complexity index is 546. The molecule has 0 aliphatic rings. The summed E-state index contributed by atoms with van der Waals surface area (Å²) in [6.07, 6.45) is 2.73. The van der Waals surface area contributed by atoms with Crippen molar-refractivity contribution in [3.05, 3.63) is 52.3 Å². The lowest BCUT2D eigenvalue weighted by Gasteiger charge is -2.01. The molecule has 0 radical (unpaired) electrons. The van der Waals surface area contributed by atoms with Crippen LogP contribution < -0.4 is 0 Å². The molecule has 0 aromatic heterocycles. The fourth-order valence-corrected chi connectivity index (χ4v) is 1.51.